The molecule has 2 bridgehead atoms. The van der Waals surface area contributed by atoms with Gasteiger partial charge in [-0.05, 0) is 60.6 Å². The predicted molar refractivity (Wildman–Crippen MR) is 166 cm³/mol. The van der Waals surface area contributed by atoms with Crippen molar-refractivity contribution in [1.82, 2.24) is 10.6 Å². The molecule has 3 saturated carbocycles. The summed E-state index contributed by atoms with van der Waals surface area (Å²) in [5.74, 6) is -0.180. The number of thioether (sulfide) groups is 1. The molecule has 1 amide bonds. The van der Waals surface area contributed by atoms with Gasteiger partial charge in [0.2, 0.25) is 5.91 Å². The van der Waals surface area contributed by atoms with Crippen LogP contribution in [0.3, 0.4) is 0 Å². The Kier molecular flexibility index (Phi) is 10.3. The van der Waals surface area contributed by atoms with Crippen LogP contribution in [0.2, 0.25) is 0 Å². The summed E-state index contributed by atoms with van der Waals surface area (Å²) in [6.07, 6.45) is 4.19. The zero-order valence-corrected chi connectivity index (χ0v) is 26.4. The van der Waals surface area contributed by atoms with Crippen molar-refractivity contribution in [2.24, 2.45) is 39.7 Å². The number of amides is 1. The normalized spacial score (nSPS) is 36.0. The van der Waals surface area contributed by atoms with Crippen LogP contribution in [-0.2, 0) is 25.7 Å². The first kappa shape index (κ1) is 32.7. The van der Waals surface area contributed by atoms with Crippen LogP contribution in [0.4, 0.5) is 0 Å². The van der Waals surface area contributed by atoms with Crippen molar-refractivity contribution in [3.8, 4) is 0 Å². The molecule has 4 rings (SSSR count). The summed E-state index contributed by atoms with van der Waals surface area (Å²) < 4.78 is 6.35. The molecule has 3 aliphatic rings. The zero-order valence-electron chi connectivity index (χ0n) is 25.6. The van der Waals surface area contributed by atoms with E-state index in [9.17, 15) is 19.5 Å². The van der Waals surface area contributed by atoms with E-state index in [2.05, 4.69) is 38.0 Å². The first-order valence-corrected chi connectivity index (χ1v) is 16.3. The molecule has 0 spiro atoms. The molecule has 0 aromatic heterocycles. The summed E-state index contributed by atoms with van der Waals surface area (Å²) in [5, 5.41) is 17.5. The van der Waals surface area contributed by atoms with Crippen LogP contribution in [0.15, 0.2) is 41.8 Å². The molecule has 1 aromatic carbocycles. The van der Waals surface area contributed by atoms with E-state index in [-0.39, 0.29) is 53.1 Å². The van der Waals surface area contributed by atoms with E-state index in [1.54, 1.807) is 0 Å². The van der Waals surface area contributed by atoms with Crippen molar-refractivity contribution < 1.29 is 24.2 Å². The van der Waals surface area contributed by atoms with Gasteiger partial charge >= 0.3 is 5.97 Å². The van der Waals surface area contributed by atoms with Crippen LogP contribution < -0.4 is 16.4 Å². The summed E-state index contributed by atoms with van der Waals surface area (Å²) in [6, 6.07) is 7.74. The molecule has 8 atom stereocenters. The number of carbonyl (C=O) groups excluding carboxylic acids is 3. The minimum atomic E-state index is -0.684. The fourth-order valence-electron chi connectivity index (χ4n) is 8.15. The monoisotopic (exact) mass is 599 g/mol. The number of ketones is 1. The SMILES string of the molecule is C=C[C@]1(C)C[C@@H](OC(=O)CSc2cccc(CNC(=O)CNCCN)c2)[C@]2(C)C(C)CCC3(CCC(=O)C32)[C@@H](C)[C@@H]1O. The Morgan fingerprint density at radius 3 is 2.74 bits per heavy atom. The molecule has 8 nitrogen and oxygen atoms in total. The third kappa shape index (κ3) is 6.21. The number of esters is 1. The van der Waals surface area contributed by atoms with Gasteiger partial charge in [-0.2, -0.15) is 0 Å². The standard InChI is InChI=1S/C33H49N3O5S/c1-6-31(4)17-26(32(5)21(2)10-12-33(22(3)30(31)40)13-11-25(37)29(32)33)41-28(39)20-42-24-9-7-8-23(16-24)18-36-27(38)19-35-15-14-34/h6-9,16,21-22,26,29-30,35,40H,1,10-15,17-20,34H2,2-5H3,(H,36,38)/t21?,22-,26+,29?,30-,31+,32-,33?/m0/s1. The lowest BCUT2D eigenvalue weighted by atomic mass is 9.44. The highest BCUT2D eigenvalue weighted by atomic mass is 32.2. The van der Waals surface area contributed by atoms with Crippen LogP contribution in [0, 0.1) is 34.0 Å². The van der Waals surface area contributed by atoms with Crippen LogP contribution in [-0.4, -0.2) is 60.4 Å². The van der Waals surface area contributed by atoms with Crippen molar-refractivity contribution in [2.75, 3.05) is 25.4 Å². The topological polar surface area (TPSA) is 131 Å². The number of rotatable bonds is 11. The van der Waals surface area contributed by atoms with Crippen LogP contribution in [0.5, 0.6) is 0 Å². The van der Waals surface area contributed by atoms with Crippen LogP contribution in [0.25, 0.3) is 0 Å². The summed E-state index contributed by atoms with van der Waals surface area (Å²) >= 11 is 1.39. The highest BCUT2D eigenvalue weighted by Crippen LogP contribution is 2.68. The van der Waals surface area contributed by atoms with Crippen LogP contribution in [0.1, 0.15) is 65.4 Å². The number of hydrogen-bond donors (Lipinski definition) is 4. The van der Waals surface area contributed by atoms with Gasteiger partial charge in [0.1, 0.15) is 11.9 Å². The van der Waals surface area contributed by atoms with E-state index in [4.69, 9.17) is 10.5 Å². The number of benzene rings is 1. The summed E-state index contributed by atoms with van der Waals surface area (Å²) in [4.78, 5) is 39.9. The van der Waals surface area contributed by atoms with E-state index >= 15 is 0 Å². The molecule has 0 radical (unpaired) electrons. The van der Waals surface area contributed by atoms with E-state index in [0.717, 1.165) is 29.7 Å². The molecular formula is C33H49N3O5S. The fraction of sp³-hybridized carbons (Fsp3) is 0.667. The minimum absolute atomic E-state index is 0.0600. The van der Waals surface area contributed by atoms with E-state index in [0.29, 0.717) is 32.5 Å². The Morgan fingerprint density at radius 2 is 2.02 bits per heavy atom. The number of hydrogen-bond acceptors (Lipinski definition) is 8. The third-order valence-electron chi connectivity index (χ3n) is 10.9. The molecule has 0 saturated heterocycles. The maximum atomic E-state index is 13.6. The number of nitrogens with one attached hydrogen (secondary N) is 2. The Labute approximate surface area is 255 Å². The van der Waals surface area contributed by atoms with Crippen LogP contribution >= 0.6 is 11.8 Å². The second kappa shape index (κ2) is 13.2. The first-order chi connectivity index (χ1) is 19.9. The predicted octanol–water partition coefficient (Wildman–Crippen LogP) is 3.85. The third-order valence-corrected chi connectivity index (χ3v) is 11.9. The molecule has 0 heterocycles. The average molecular weight is 600 g/mol. The van der Waals surface area contributed by atoms with E-state index < -0.39 is 23.0 Å². The zero-order chi connectivity index (χ0) is 30.7. The minimum Gasteiger partial charge on any atom is -0.461 e. The number of carbonyl (C=O) groups is 3. The van der Waals surface area contributed by atoms with Crippen molar-refractivity contribution in [2.45, 2.75) is 83.4 Å². The van der Waals surface area contributed by atoms with Gasteiger partial charge in [0.15, 0.2) is 0 Å². The first-order valence-electron chi connectivity index (χ1n) is 15.3. The number of nitrogens with two attached hydrogens (primary N) is 1. The Balaban J connectivity index is 1.48. The number of aliphatic hydroxyl groups excluding tert-OH is 1. The average Bonchev–Trinajstić information content (AvgIpc) is 3.33. The summed E-state index contributed by atoms with van der Waals surface area (Å²) in [7, 11) is 0. The maximum absolute atomic E-state index is 13.6. The Hall–Kier alpha value is -2.20. The van der Waals surface area contributed by atoms with Gasteiger partial charge < -0.3 is 26.2 Å². The van der Waals surface area contributed by atoms with Gasteiger partial charge in [-0.1, -0.05) is 45.9 Å². The molecule has 42 heavy (non-hydrogen) atoms. The van der Waals surface area contributed by atoms with Gasteiger partial charge in [0, 0.05) is 47.7 Å². The van der Waals surface area contributed by atoms with Crippen molar-refractivity contribution >= 4 is 29.4 Å². The lowest BCUT2D eigenvalue weighted by molar-refractivity contribution is -0.205. The lowest BCUT2D eigenvalue weighted by Gasteiger charge is -2.61. The second-order valence-electron chi connectivity index (χ2n) is 13.2. The Morgan fingerprint density at radius 1 is 1.26 bits per heavy atom. The summed E-state index contributed by atoms with van der Waals surface area (Å²) in [6.45, 7) is 14.2. The molecule has 5 N–H and O–H groups in total. The molecule has 3 aliphatic carbocycles. The molecular weight excluding hydrogens is 550 g/mol. The quantitative estimate of drug-likeness (QED) is 0.131. The highest BCUT2D eigenvalue weighted by molar-refractivity contribution is 8.00. The molecule has 9 heteroatoms. The molecule has 3 unspecified atom stereocenters. The van der Waals surface area contributed by atoms with Gasteiger partial charge in [-0.25, -0.2) is 0 Å². The van der Waals surface area contributed by atoms with Crippen molar-refractivity contribution in [1.29, 1.82) is 0 Å². The molecule has 1 aromatic rings. The van der Waals surface area contributed by atoms with Crippen molar-refractivity contribution in [3.05, 3.63) is 42.5 Å². The van der Waals surface area contributed by atoms with E-state index in [1.807, 2.05) is 37.3 Å². The lowest BCUT2D eigenvalue weighted by Crippen LogP contribution is -2.63. The molecule has 232 valence electrons. The summed E-state index contributed by atoms with van der Waals surface area (Å²) in [5.41, 5.74) is 4.90. The number of ether oxygens (including phenoxy) is 1. The second-order valence-corrected chi connectivity index (χ2v) is 14.3. The molecule has 3 fully saturated rings. The number of Topliss-reactive ketones (excluding diaryl/α,β-unsaturated/α-hetero) is 1. The van der Waals surface area contributed by atoms with Gasteiger partial charge in [0.05, 0.1) is 18.4 Å². The number of aliphatic hydroxyl groups is 1. The highest BCUT2D eigenvalue weighted by Gasteiger charge is 2.68. The van der Waals surface area contributed by atoms with Gasteiger partial charge in [-0.15, -0.1) is 18.3 Å². The van der Waals surface area contributed by atoms with Crippen molar-refractivity contribution in [3.63, 3.8) is 0 Å². The van der Waals surface area contributed by atoms with E-state index in [1.165, 1.54) is 11.8 Å². The smallest absolute Gasteiger partial charge is 0.316 e. The van der Waals surface area contributed by atoms with Gasteiger partial charge in [0.25, 0.3) is 0 Å². The van der Waals surface area contributed by atoms with Gasteiger partial charge in [-0.3, -0.25) is 14.4 Å². The fourth-order valence-corrected chi connectivity index (χ4v) is 8.91. The molecule has 0 aliphatic heterocycles. The largest absolute Gasteiger partial charge is 0.461 e. The Bertz CT molecular complexity index is 1180. The maximum Gasteiger partial charge on any atom is 0.316 e.